The molecule has 0 aliphatic carbocycles. The molecule has 1 amide bonds. The average molecular weight is 278 g/mol. The second-order valence-electron chi connectivity index (χ2n) is 5.62. The van der Waals surface area contributed by atoms with Gasteiger partial charge in [-0.15, -0.1) is 0 Å². The molecule has 0 atom stereocenters. The molecule has 5 nitrogen and oxygen atoms in total. The number of carboxylic acid groups (broad SMARTS) is 1. The number of piperidine rings is 1. The first-order valence-electron chi connectivity index (χ1n) is 6.91. The van der Waals surface area contributed by atoms with Crippen LogP contribution in [0.1, 0.15) is 18.4 Å². The zero-order valence-electron chi connectivity index (χ0n) is 11.8. The van der Waals surface area contributed by atoms with Gasteiger partial charge >= 0.3 is 6.09 Å². The summed E-state index contributed by atoms with van der Waals surface area (Å²) < 4.78 is 0. The number of carbonyl (C=O) groups is 1. The van der Waals surface area contributed by atoms with Gasteiger partial charge in [-0.05, 0) is 18.4 Å². The molecule has 0 aromatic heterocycles. The highest BCUT2D eigenvalue weighted by molar-refractivity contribution is 5.64. The van der Waals surface area contributed by atoms with Crippen molar-refractivity contribution in [3.63, 3.8) is 0 Å². The Morgan fingerprint density at radius 1 is 1.30 bits per heavy atom. The summed E-state index contributed by atoms with van der Waals surface area (Å²) in [6.45, 7) is 2.64. The van der Waals surface area contributed by atoms with Crippen LogP contribution >= 0.6 is 0 Å². The lowest BCUT2D eigenvalue weighted by atomic mass is 9.90. The summed E-state index contributed by atoms with van der Waals surface area (Å²) in [6.07, 6.45) is 0.222. The van der Waals surface area contributed by atoms with Gasteiger partial charge in [-0.25, -0.2) is 4.79 Å². The maximum atomic E-state index is 10.8. The van der Waals surface area contributed by atoms with Gasteiger partial charge in [0.2, 0.25) is 0 Å². The molecule has 20 heavy (non-hydrogen) atoms. The normalized spacial score (nSPS) is 18.7. The van der Waals surface area contributed by atoms with Crippen LogP contribution in [0.4, 0.5) is 4.79 Å². The van der Waals surface area contributed by atoms with Gasteiger partial charge in [0.15, 0.2) is 0 Å². The Morgan fingerprint density at radius 3 is 2.45 bits per heavy atom. The Hall–Kier alpha value is -1.59. The molecule has 1 saturated heterocycles. The molecule has 1 aliphatic rings. The molecular weight excluding hydrogens is 256 g/mol. The minimum Gasteiger partial charge on any atom is -0.465 e. The summed E-state index contributed by atoms with van der Waals surface area (Å²) in [4.78, 5) is 14.3. The Balaban J connectivity index is 1.84. The summed E-state index contributed by atoms with van der Waals surface area (Å²) in [6, 6.07) is 10.2. The number of hydrogen-bond acceptors (Lipinski definition) is 3. The van der Waals surface area contributed by atoms with Crippen LogP contribution < -0.4 is 0 Å². The first-order valence-corrected chi connectivity index (χ1v) is 6.91. The molecule has 2 rings (SSSR count). The average Bonchev–Trinajstić information content (AvgIpc) is 2.42. The van der Waals surface area contributed by atoms with Crippen molar-refractivity contribution in [1.29, 1.82) is 0 Å². The van der Waals surface area contributed by atoms with E-state index in [1.165, 1.54) is 12.6 Å². The standard InChI is InChI=1S/C15H22N2O3/c1-16(14(18)19)12-15(20)7-9-17(10-8-15)11-13-5-3-2-4-6-13/h2-6,20H,7-12H2,1H3,(H,18,19). The van der Waals surface area contributed by atoms with E-state index in [-0.39, 0.29) is 6.54 Å². The molecule has 1 heterocycles. The number of hydrogen-bond donors (Lipinski definition) is 2. The van der Waals surface area contributed by atoms with Crippen LogP contribution in [0, 0.1) is 0 Å². The molecule has 2 N–H and O–H groups in total. The Morgan fingerprint density at radius 2 is 1.90 bits per heavy atom. The van der Waals surface area contributed by atoms with Crippen LogP contribution in [0.25, 0.3) is 0 Å². The largest absolute Gasteiger partial charge is 0.465 e. The highest BCUT2D eigenvalue weighted by Gasteiger charge is 2.34. The van der Waals surface area contributed by atoms with Crippen molar-refractivity contribution in [2.45, 2.75) is 25.0 Å². The van der Waals surface area contributed by atoms with Crippen molar-refractivity contribution in [3.05, 3.63) is 35.9 Å². The quantitative estimate of drug-likeness (QED) is 0.878. The van der Waals surface area contributed by atoms with Crippen LogP contribution in [-0.4, -0.2) is 58.4 Å². The van der Waals surface area contributed by atoms with Crippen molar-refractivity contribution < 1.29 is 15.0 Å². The van der Waals surface area contributed by atoms with Gasteiger partial charge in [0, 0.05) is 26.7 Å². The lowest BCUT2D eigenvalue weighted by Gasteiger charge is -2.39. The van der Waals surface area contributed by atoms with E-state index in [2.05, 4.69) is 17.0 Å². The van der Waals surface area contributed by atoms with Gasteiger partial charge in [-0.3, -0.25) is 4.90 Å². The van der Waals surface area contributed by atoms with E-state index in [4.69, 9.17) is 5.11 Å². The zero-order chi connectivity index (χ0) is 14.6. The first-order chi connectivity index (χ1) is 9.48. The van der Waals surface area contributed by atoms with Gasteiger partial charge in [-0.2, -0.15) is 0 Å². The summed E-state index contributed by atoms with van der Waals surface area (Å²) in [5.41, 5.74) is 0.376. The summed E-state index contributed by atoms with van der Waals surface area (Å²) >= 11 is 0. The Kier molecular flexibility index (Phi) is 4.62. The monoisotopic (exact) mass is 278 g/mol. The van der Waals surface area contributed by atoms with E-state index >= 15 is 0 Å². The fraction of sp³-hybridized carbons (Fsp3) is 0.533. The molecule has 0 saturated carbocycles. The molecule has 0 spiro atoms. The molecule has 0 bridgehead atoms. The fourth-order valence-corrected chi connectivity index (χ4v) is 2.64. The highest BCUT2D eigenvalue weighted by atomic mass is 16.4. The predicted molar refractivity (Wildman–Crippen MR) is 76.6 cm³/mol. The van der Waals surface area contributed by atoms with Gasteiger partial charge in [0.05, 0.1) is 12.1 Å². The minimum atomic E-state index is -0.995. The fourth-order valence-electron chi connectivity index (χ4n) is 2.64. The highest BCUT2D eigenvalue weighted by Crippen LogP contribution is 2.24. The molecular formula is C15H22N2O3. The number of rotatable bonds is 4. The van der Waals surface area contributed by atoms with Crippen LogP contribution in [0.15, 0.2) is 30.3 Å². The molecule has 0 radical (unpaired) electrons. The number of amides is 1. The van der Waals surface area contributed by atoms with E-state index in [1.807, 2.05) is 18.2 Å². The summed E-state index contributed by atoms with van der Waals surface area (Å²) in [7, 11) is 1.50. The molecule has 1 aliphatic heterocycles. The molecule has 110 valence electrons. The van der Waals surface area contributed by atoms with Crippen molar-refractivity contribution in [2.24, 2.45) is 0 Å². The van der Waals surface area contributed by atoms with Crippen molar-refractivity contribution in [3.8, 4) is 0 Å². The molecule has 1 fully saturated rings. The van der Waals surface area contributed by atoms with E-state index in [0.29, 0.717) is 12.8 Å². The van der Waals surface area contributed by atoms with E-state index < -0.39 is 11.7 Å². The van der Waals surface area contributed by atoms with Crippen molar-refractivity contribution in [1.82, 2.24) is 9.80 Å². The minimum absolute atomic E-state index is 0.182. The zero-order valence-corrected chi connectivity index (χ0v) is 11.8. The van der Waals surface area contributed by atoms with Crippen LogP contribution in [0.2, 0.25) is 0 Å². The smallest absolute Gasteiger partial charge is 0.407 e. The lowest BCUT2D eigenvalue weighted by molar-refractivity contribution is -0.0394. The second kappa shape index (κ2) is 6.24. The second-order valence-corrected chi connectivity index (χ2v) is 5.62. The molecule has 5 heteroatoms. The SMILES string of the molecule is CN(CC1(O)CCN(Cc2ccccc2)CC1)C(=O)O. The Bertz CT molecular complexity index is 442. The maximum Gasteiger partial charge on any atom is 0.407 e. The topological polar surface area (TPSA) is 64.0 Å². The van der Waals surface area contributed by atoms with Gasteiger partial charge < -0.3 is 15.1 Å². The molecule has 1 aromatic carbocycles. The molecule has 0 unspecified atom stereocenters. The van der Waals surface area contributed by atoms with Crippen molar-refractivity contribution in [2.75, 3.05) is 26.7 Å². The summed E-state index contributed by atoms with van der Waals surface area (Å²) in [5.74, 6) is 0. The van der Waals surface area contributed by atoms with Crippen LogP contribution in [0.5, 0.6) is 0 Å². The Labute approximate surface area is 119 Å². The van der Waals surface area contributed by atoms with E-state index in [9.17, 15) is 9.90 Å². The maximum absolute atomic E-state index is 10.8. The van der Waals surface area contributed by atoms with Crippen LogP contribution in [-0.2, 0) is 6.54 Å². The third kappa shape index (κ3) is 3.95. The van der Waals surface area contributed by atoms with Gasteiger partial charge in [0.25, 0.3) is 0 Å². The lowest BCUT2D eigenvalue weighted by Crippen LogP contribution is -2.50. The third-order valence-corrected chi connectivity index (χ3v) is 3.89. The van der Waals surface area contributed by atoms with Crippen molar-refractivity contribution >= 4 is 6.09 Å². The number of aliphatic hydroxyl groups is 1. The third-order valence-electron chi connectivity index (χ3n) is 3.89. The van der Waals surface area contributed by atoms with Gasteiger partial charge in [0.1, 0.15) is 0 Å². The molecule has 1 aromatic rings. The van der Waals surface area contributed by atoms with Crippen LogP contribution in [0.3, 0.4) is 0 Å². The van der Waals surface area contributed by atoms with E-state index in [0.717, 1.165) is 24.5 Å². The first kappa shape index (κ1) is 14.8. The number of nitrogens with zero attached hydrogens (tertiary/aromatic N) is 2. The van der Waals surface area contributed by atoms with E-state index in [1.54, 1.807) is 0 Å². The number of likely N-dealkylation sites (N-methyl/N-ethyl adjacent to an activating group) is 1. The number of likely N-dealkylation sites (tertiary alicyclic amines) is 1. The predicted octanol–water partition coefficient (Wildman–Crippen LogP) is 1.62. The summed E-state index contributed by atoms with van der Waals surface area (Å²) in [5, 5.41) is 19.3. The van der Waals surface area contributed by atoms with Gasteiger partial charge in [-0.1, -0.05) is 30.3 Å². The number of benzene rings is 1.